The maximum atomic E-state index is 12.6. The Balaban J connectivity index is 2.20. The van der Waals surface area contributed by atoms with Crippen LogP contribution in [0.2, 0.25) is 0 Å². The summed E-state index contributed by atoms with van der Waals surface area (Å²) in [4.78, 5) is 16.6. The first-order valence-corrected chi connectivity index (χ1v) is 5.99. The number of pyridine rings is 1. The number of para-hydroxylation sites is 1. The summed E-state index contributed by atoms with van der Waals surface area (Å²) < 4.78 is 0. The zero-order valence-corrected chi connectivity index (χ0v) is 10.2. The second-order valence-electron chi connectivity index (χ2n) is 4.32. The summed E-state index contributed by atoms with van der Waals surface area (Å²) in [6.45, 7) is 0. The first-order chi connectivity index (χ1) is 9.27. The number of hydrogen-bond donors (Lipinski definition) is 1. The Kier molecular flexibility index (Phi) is 2.72. The fourth-order valence-electron chi connectivity index (χ4n) is 2.17. The van der Waals surface area contributed by atoms with Gasteiger partial charge in [-0.05, 0) is 23.6 Å². The number of ketones is 1. The summed E-state index contributed by atoms with van der Waals surface area (Å²) in [5.74, 6) is -0.0603. The van der Waals surface area contributed by atoms with Crippen LogP contribution >= 0.6 is 0 Å². The van der Waals surface area contributed by atoms with Gasteiger partial charge in [0, 0.05) is 34.6 Å². The van der Waals surface area contributed by atoms with E-state index in [-0.39, 0.29) is 5.78 Å². The van der Waals surface area contributed by atoms with Crippen LogP contribution in [0.25, 0.3) is 10.8 Å². The van der Waals surface area contributed by atoms with Gasteiger partial charge in [-0.15, -0.1) is 0 Å². The van der Waals surface area contributed by atoms with Crippen molar-refractivity contribution in [3.63, 3.8) is 0 Å². The predicted octanol–water partition coefficient (Wildman–Crippen LogP) is 3.05. The van der Waals surface area contributed by atoms with Gasteiger partial charge in [0.25, 0.3) is 0 Å². The van der Waals surface area contributed by atoms with Crippen molar-refractivity contribution in [1.29, 1.82) is 0 Å². The summed E-state index contributed by atoms with van der Waals surface area (Å²) >= 11 is 0. The fraction of sp³-hybridized carbons (Fsp3) is 0. The number of nitrogen functional groups attached to an aromatic ring is 1. The maximum absolute atomic E-state index is 12.6. The Morgan fingerprint density at radius 2 is 1.74 bits per heavy atom. The van der Waals surface area contributed by atoms with E-state index in [2.05, 4.69) is 4.98 Å². The third kappa shape index (κ3) is 1.95. The first kappa shape index (κ1) is 11.4. The lowest BCUT2D eigenvalue weighted by molar-refractivity contribution is 0.104. The number of nitrogens with two attached hydrogens (primary N) is 1. The molecule has 0 aliphatic rings. The number of anilines is 1. The monoisotopic (exact) mass is 248 g/mol. The molecule has 92 valence electrons. The molecule has 0 fully saturated rings. The van der Waals surface area contributed by atoms with Gasteiger partial charge in [-0.1, -0.05) is 30.3 Å². The molecule has 1 aromatic heterocycles. The Morgan fingerprint density at radius 3 is 2.58 bits per heavy atom. The second-order valence-corrected chi connectivity index (χ2v) is 4.32. The quantitative estimate of drug-likeness (QED) is 0.560. The molecular formula is C16H12N2O. The van der Waals surface area contributed by atoms with Gasteiger partial charge in [0.05, 0.1) is 0 Å². The average molecular weight is 248 g/mol. The number of carbonyl (C=O) groups excluding carboxylic acids is 1. The van der Waals surface area contributed by atoms with Crippen LogP contribution in [0.4, 0.5) is 5.69 Å². The van der Waals surface area contributed by atoms with Gasteiger partial charge in [-0.25, -0.2) is 0 Å². The Labute approximate surface area is 110 Å². The largest absolute Gasteiger partial charge is 0.398 e. The molecule has 3 heteroatoms. The van der Waals surface area contributed by atoms with Gasteiger partial charge in [0.15, 0.2) is 5.78 Å². The van der Waals surface area contributed by atoms with Crippen LogP contribution in [0.3, 0.4) is 0 Å². The molecule has 19 heavy (non-hydrogen) atoms. The van der Waals surface area contributed by atoms with Gasteiger partial charge in [-0.2, -0.15) is 0 Å². The molecule has 0 radical (unpaired) electrons. The van der Waals surface area contributed by atoms with Crippen molar-refractivity contribution in [1.82, 2.24) is 4.98 Å². The van der Waals surface area contributed by atoms with Crippen LogP contribution in [-0.4, -0.2) is 10.8 Å². The minimum Gasteiger partial charge on any atom is -0.398 e. The van der Waals surface area contributed by atoms with Crippen LogP contribution in [0, 0.1) is 0 Å². The maximum Gasteiger partial charge on any atom is 0.195 e. The standard InChI is InChI=1S/C16H12N2O/c17-15-7-2-1-5-14(15)16(19)13-6-3-4-11-10-18-9-8-12(11)13/h1-10H,17H2. The number of carbonyl (C=O) groups is 1. The zero-order chi connectivity index (χ0) is 13.2. The molecule has 0 spiro atoms. The van der Waals surface area contributed by atoms with Crippen molar-refractivity contribution in [3.8, 4) is 0 Å². The minimum absolute atomic E-state index is 0.0603. The molecule has 3 rings (SSSR count). The van der Waals surface area contributed by atoms with Crippen molar-refractivity contribution in [2.24, 2.45) is 0 Å². The van der Waals surface area contributed by atoms with Crippen LogP contribution in [0.15, 0.2) is 60.9 Å². The van der Waals surface area contributed by atoms with E-state index in [1.165, 1.54) is 0 Å². The number of benzene rings is 2. The van der Waals surface area contributed by atoms with E-state index in [1.54, 1.807) is 24.5 Å². The molecule has 0 atom stereocenters. The zero-order valence-electron chi connectivity index (χ0n) is 10.2. The summed E-state index contributed by atoms with van der Waals surface area (Å²) in [7, 11) is 0. The van der Waals surface area contributed by atoms with Gasteiger partial charge < -0.3 is 5.73 Å². The van der Waals surface area contributed by atoms with Crippen LogP contribution < -0.4 is 5.73 Å². The molecule has 0 aliphatic carbocycles. The lowest BCUT2D eigenvalue weighted by Gasteiger charge is -2.07. The van der Waals surface area contributed by atoms with Crippen molar-refractivity contribution < 1.29 is 4.79 Å². The third-order valence-corrected chi connectivity index (χ3v) is 3.13. The molecule has 0 unspecified atom stereocenters. The molecule has 1 heterocycles. The van der Waals surface area contributed by atoms with Crippen LogP contribution in [0.5, 0.6) is 0 Å². The molecule has 0 bridgehead atoms. The van der Waals surface area contributed by atoms with E-state index in [0.717, 1.165) is 10.8 Å². The highest BCUT2D eigenvalue weighted by Crippen LogP contribution is 2.22. The van der Waals surface area contributed by atoms with Crippen molar-refractivity contribution in [2.45, 2.75) is 0 Å². The number of aromatic nitrogens is 1. The summed E-state index contributed by atoms with van der Waals surface area (Å²) in [5.41, 5.74) is 7.55. The molecule has 3 nitrogen and oxygen atoms in total. The molecule has 0 saturated heterocycles. The highest BCUT2D eigenvalue weighted by molar-refractivity contribution is 6.18. The van der Waals surface area contributed by atoms with E-state index in [0.29, 0.717) is 16.8 Å². The summed E-state index contributed by atoms with van der Waals surface area (Å²) in [5, 5.41) is 1.84. The fourth-order valence-corrected chi connectivity index (χ4v) is 2.17. The van der Waals surface area contributed by atoms with Gasteiger partial charge >= 0.3 is 0 Å². The lowest BCUT2D eigenvalue weighted by Crippen LogP contribution is -2.05. The highest BCUT2D eigenvalue weighted by atomic mass is 16.1. The van der Waals surface area contributed by atoms with Crippen molar-refractivity contribution >= 4 is 22.2 Å². The van der Waals surface area contributed by atoms with Gasteiger partial charge in [0.2, 0.25) is 0 Å². The number of rotatable bonds is 2. The van der Waals surface area contributed by atoms with Crippen LogP contribution in [0.1, 0.15) is 15.9 Å². The number of nitrogens with zero attached hydrogens (tertiary/aromatic N) is 1. The molecule has 0 saturated carbocycles. The van der Waals surface area contributed by atoms with Gasteiger partial charge in [0.1, 0.15) is 0 Å². The van der Waals surface area contributed by atoms with E-state index < -0.39 is 0 Å². The predicted molar refractivity (Wildman–Crippen MR) is 76.0 cm³/mol. The Bertz CT molecular complexity index is 760. The molecule has 3 aromatic rings. The lowest BCUT2D eigenvalue weighted by atomic mass is 9.97. The SMILES string of the molecule is Nc1ccccc1C(=O)c1cccc2cnccc12. The Hall–Kier alpha value is -2.68. The topological polar surface area (TPSA) is 56.0 Å². The van der Waals surface area contributed by atoms with E-state index in [4.69, 9.17) is 5.73 Å². The second kappa shape index (κ2) is 4.53. The molecule has 2 N–H and O–H groups in total. The van der Waals surface area contributed by atoms with E-state index in [9.17, 15) is 4.79 Å². The number of hydrogen-bond acceptors (Lipinski definition) is 3. The third-order valence-electron chi connectivity index (χ3n) is 3.13. The number of fused-ring (bicyclic) bond motifs is 1. The van der Waals surface area contributed by atoms with E-state index in [1.807, 2.05) is 36.4 Å². The Morgan fingerprint density at radius 1 is 0.947 bits per heavy atom. The van der Waals surface area contributed by atoms with Crippen molar-refractivity contribution in [2.75, 3.05) is 5.73 Å². The minimum atomic E-state index is -0.0603. The summed E-state index contributed by atoms with van der Waals surface area (Å²) in [6.07, 6.45) is 3.44. The molecule has 0 amide bonds. The molecule has 2 aromatic carbocycles. The van der Waals surface area contributed by atoms with E-state index >= 15 is 0 Å². The average Bonchev–Trinajstić information content (AvgIpc) is 2.46. The smallest absolute Gasteiger partial charge is 0.195 e. The highest BCUT2D eigenvalue weighted by Gasteiger charge is 2.14. The molecule has 0 aliphatic heterocycles. The normalized spacial score (nSPS) is 10.5. The first-order valence-electron chi connectivity index (χ1n) is 5.99. The summed E-state index contributed by atoms with van der Waals surface area (Å²) in [6, 6.07) is 14.6. The van der Waals surface area contributed by atoms with Gasteiger partial charge in [-0.3, -0.25) is 9.78 Å². The van der Waals surface area contributed by atoms with Crippen molar-refractivity contribution in [3.05, 3.63) is 72.1 Å². The molecular weight excluding hydrogens is 236 g/mol. The van der Waals surface area contributed by atoms with Crippen LogP contribution in [-0.2, 0) is 0 Å².